The minimum absolute atomic E-state index is 0.0181. The van der Waals surface area contributed by atoms with Gasteiger partial charge in [0.05, 0.1) is 33.3 Å². The van der Waals surface area contributed by atoms with Gasteiger partial charge in [0.2, 0.25) is 11.8 Å². The smallest absolute Gasteiger partial charge is 0.228 e. The van der Waals surface area contributed by atoms with Crippen LogP contribution in [0.4, 0.5) is 11.4 Å². The Morgan fingerprint density at radius 3 is 1.66 bits per heavy atom. The lowest BCUT2D eigenvalue weighted by atomic mass is 9.91. The first-order valence-corrected chi connectivity index (χ1v) is 12.8. The van der Waals surface area contributed by atoms with Crippen LogP contribution in [0.25, 0.3) is 0 Å². The van der Waals surface area contributed by atoms with E-state index in [-0.39, 0.29) is 18.2 Å². The molecule has 3 aromatic carbocycles. The standard InChI is InChI=1S/C30H33N3O5/c1-36-24-10-4-21(5-11-24)29-27(20-28(34)33(29)23-8-14-26(38-3)15-9-23)30(35)32-18-16-31(17-19-32)22-6-12-25(37-2)13-7-22/h4-15,27,29H,16-20H2,1-3H3/t27-,29+/m1/s1. The molecule has 2 saturated heterocycles. The van der Waals surface area contributed by atoms with E-state index in [1.165, 1.54) is 0 Å². The van der Waals surface area contributed by atoms with Crippen LogP contribution >= 0.6 is 0 Å². The highest BCUT2D eigenvalue weighted by atomic mass is 16.5. The highest BCUT2D eigenvalue weighted by Gasteiger charge is 2.46. The number of nitrogens with zero attached hydrogens (tertiary/aromatic N) is 3. The van der Waals surface area contributed by atoms with Gasteiger partial charge in [-0.15, -0.1) is 0 Å². The Kier molecular flexibility index (Phi) is 7.40. The molecule has 8 heteroatoms. The molecule has 2 amide bonds. The van der Waals surface area contributed by atoms with Crippen LogP contribution in [0, 0.1) is 5.92 Å². The number of carbonyl (C=O) groups is 2. The van der Waals surface area contributed by atoms with Gasteiger partial charge in [0.1, 0.15) is 17.2 Å². The molecule has 0 N–H and O–H groups in total. The van der Waals surface area contributed by atoms with Crippen molar-refractivity contribution in [2.45, 2.75) is 12.5 Å². The van der Waals surface area contributed by atoms with Gasteiger partial charge in [0.25, 0.3) is 0 Å². The fourth-order valence-corrected chi connectivity index (χ4v) is 5.40. The summed E-state index contributed by atoms with van der Waals surface area (Å²) >= 11 is 0. The fourth-order valence-electron chi connectivity index (χ4n) is 5.40. The number of hydrogen-bond donors (Lipinski definition) is 0. The van der Waals surface area contributed by atoms with Crippen molar-refractivity contribution in [3.8, 4) is 17.2 Å². The van der Waals surface area contributed by atoms with Crippen LogP contribution in [-0.4, -0.2) is 64.2 Å². The number of piperazine rings is 1. The first-order valence-electron chi connectivity index (χ1n) is 12.8. The van der Waals surface area contributed by atoms with E-state index in [0.29, 0.717) is 18.8 Å². The summed E-state index contributed by atoms with van der Waals surface area (Å²) in [4.78, 5) is 33.3. The zero-order chi connectivity index (χ0) is 26.6. The molecule has 0 radical (unpaired) electrons. The normalized spacial score (nSPS) is 19.4. The van der Waals surface area contributed by atoms with Gasteiger partial charge in [0, 0.05) is 44.0 Å². The van der Waals surface area contributed by atoms with Gasteiger partial charge in [-0.25, -0.2) is 0 Å². The fraction of sp³-hybridized carbons (Fsp3) is 0.333. The molecule has 3 aromatic rings. The predicted octanol–water partition coefficient (Wildman–Crippen LogP) is 4.16. The maximum atomic E-state index is 13.9. The van der Waals surface area contributed by atoms with Crippen LogP contribution in [0.3, 0.4) is 0 Å². The lowest BCUT2D eigenvalue weighted by molar-refractivity contribution is -0.136. The lowest BCUT2D eigenvalue weighted by Gasteiger charge is -2.38. The van der Waals surface area contributed by atoms with E-state index in [0.717, 1.165) is 41.5 Å². The van der Waals surface area contributed by atoms with E-state index in [4.69, 9.17) is 14.2 Å². The Morgan fingerprint density at radius 1 is 0.684 bits per heavy atom. The highest BCUT2D eigenvalue weighted by Crippen LogP contribution is 2.43. The van der Waals surface area contributed by atoms with E-state index < -0.39 is 12.0 Å². The molecule has 0 spiro atoms. The van der Waals surface area contributed by atoms with E-state index >= 15 is 0 Å². The van der Waals surface area contributed by atoms with E-state index in [2.05, 4.69) is 4.90 Å². The second kappa shape index (κ2) is 11.0. The van der Waals surface area contributed by atoms with E-state index in [9.17, 15) is 9.59 Å². The Bertz CT molecular complexity index is 1250. The molecule has 2 heterocycles. The van der Waals surface area contributed by atoms with Crippen LogP contribution in [0.1, 0.15) is 18.0 Å². The van der Waals surface area contributed by atoms with Gasteiger partial charge >= 0.3 is 0 Å². The first kappa shape index (κ1) is 25.4. The quantitative estimate of drug-likeness (QED) is 0.471. The van der Waals surface area contributed by atoms with Crippen molar-refractivity contribution in [3.05, 3.63) is 78.4 Å². The molecule has 0 unspecified atom stereocenters. The van der Waals surface area contributed by atoms with Gasteiger partial charge in [0.15, 0.2) is 0 Å². The number of carbonyl (C=O) groups excluding carboxylic acids is 2. The summed E-state index contributed by atoms with van der Waals surface area (Å²) in [6.07, 6.45) is 0.167. The molecule has 2 aliphatic rings. The molecule has 0 aliphatic carbocycles. The Morgan fingerprint density at radius 2 is 1.16 bits per heavy atom. The molecule has 8 nitrogen and oxygen atoms in total. The van der Waals surface area contributed by atoms with Crippen molar-refractivity contribution in [1.29, 1.82) is 0 Å². The number of methoxy groups -OCH3 is 3. The summed E-state index contributed by atoms with van der Waals surface area (Å²) in [7, 11) is 4.89. The van der Waals surface area contributed by atoms with Crippen molar-refractivity contribution in [2.75, 3.05) is 57.3 Å². The van der Waals surface area contributed by atoms with Gasteiger partial charge in [-0.3, -0.25) is 9.59 Å². The van der Waals surface area contributed by atoms with Crippen molar-refractivity contribution in [1.82, 2.24) is 4.90 Å². The SMILES string of the molecule is COc1ccc([C@H]2[C@H](C(=O)N3CCN(c4ccc(OC)cc4)CC3)CC(=O)N2c2ccc(OC)cc2)cc1. The Labute approximate surface area is 223 Å². The number of rotatable bonds is 7. The first-order chi connectivity index (χ1) is 18.5. The maximum Gasteiger partial charge on any atom is 0.228 e. The van der Waals surface area contributed by atoms with Gasteiger partial charge in [-0.2, -0.15) is 0 Å². The minimum atomic E-state index is -0.481. The summed E-state index contributed by atoms with van der Waals surface area (Å²) in [5.74, 6) is 1.73. The number of anilines is 2. The number of ether oxygens (including phenoxy) is 3. The topological polar surface area (TPSA) is 71.6 Å². The zero-order valence-corrected chi connectivity index (χ0v) is 22.0. The third kappa shape index (κ3) is 4.98. The van der Waals surface area contributed by atoms with Crippen LogP contribution in [-0.2, 0) is 9.59 Å². The third-order valence-electron chi connectivity index (χ3n) is 7.48. The second-order valence-electron chi connectivity index (χ2n) is 9.50. The molecule has 2 fully saturated rings. The summed E-state index contributed by atoms with van der Waals surface area (Å²) in [5.41, 5.74) is 2.76. The molecule has 2 atom stereocenters. The van der Waals surface area contributed by atoms with Gasteiger partial charge < -0.3 is 28.9 Å². The van der Waals surface area contributed by atoms with Crippen LogP contribution in [0.5, 0.6) is 17.2 Å². The Balaban J connectivity index is 1.37. The summed E-state index contributed by atoms with van der Waals surface area (Å²) in [5, 5.41) is 0. The second-order valence-corrected chi connectivity index (χ2v) is 9.50. The molecule has 0 saturated carbocycles. The maximum absolute atomic E-state index is 13.9. The average Bonchev–Trinajstić information content (AvgIpc) is 3.33. The molecule has 38 heavy (non-hydrogen) atoms. The minimum Gasteiger partial charge on any atom is -0.497 e. The molecular weight excluding hydrogens is 482 g/mol. The third-order valence-corrected chi connectivity index (χ3v) is 7.48. The van der Waals surface area contributed by atoms with Crippen LogP contribution in [0.2, 0.25) is 0 Å². The molecule has 0 aromatic heterocycles. The molecular formula is C30H33N3O5. The van der Waals surface area contributed by atoms with Crippen LogP contribution < -0.4 is 24.0 Å². The van der Waals surface area contributed by atoms with Crippen molar-refractivity contribution >= 4 is 23.2 Å². The number of amides is 2. The summed E-state index contributed by atoms with van der Waals surface area (Å²) in [6.45, 7) is 2.67. The molecule has 2 aliphatic heterocycles. The van der Waals surface area contributed by atoms with Crippen LogP contribution in [0.15, 0.2) is 72.8 Å². The molecule has 198 valence electrons. The number of benzene rings is 3. The lowest BCUT2D eigenvalue weighted by Crippen LogP contribution is -2.51. The molecule has 5 rings (SSSR count). The largest absolute Gasteiger partial charge is 0.497 e. The molecule has 0 bridgehead atoms. The average molecular weight is 516 g/mol. The zero-order valence-electron chi connectivity index (χ0n) is 22.0. The predicted molar refractivity (Wildman–Crippen MR) is 146 cm³/mol. The van der Waals surface area contributed by atoms with Gasteiger partial charge in [-0.1, -0.05) is 12.1 Å². The monoisotopic (exact) mass is 515 g/mol. The summed E-state index contributed by atoms with van der Waals surface area (Å²) < 4.78 is 15.9. The van der Waals surface area contributed by atoms with Crippen molar-refractivity contribution in [3.63, 3.8) is 0 Å². The van der Waals surface area contributed by atoms with E-state index in [1.54, 1.807) is 26.2 Å². The number of hydrogen-bond acceptors (Lipinski definition) is 6. The van der Waals surface area contributed by atoms with E-state index in [1.807, 2.05) is 77.7 Å². The Hall–Kier alpha value is -4.20. The van der Waals surface area contributed by atoms with Crippen molar-refractivity contribution < 1.29 is 23.8 Å². The highest BCUT2D eigenvalue weighted by molar-refractivity contribution is 6.01. The summed E-state index contributed by atoms with van der Waals surface area (Å²) in [6, 6.07) is 22.6. The van der Waals surface area contributed by atoms with Gasteiger partial charge in [-0.05, 0) is 66.2 Å². The van der Waals surface area contributed by atoms with Crippen molar-refractivity contribution in [2.24, 2.45) is 5.92 Å².